The molecule has 2 aromatic rings. The summed E-state index contributed by atoms with van der Waals surface area (Å²) in [5.74, 6) is -0.0222. The van der Waals surface area contributed by atoms with Crippen molar-refractivity contribution in [3.63, 3.8) is 0 Å². The standard InChI is InChI=1S/C20H19ClN2O2/c21-17-10-8-16(9-11-17)20-18-7-4-12-22(20)14-23(25-18)19(24)13-15-5-2-1-3-6-15/h1-11,18,20H,12-14H2/t18-,20+/m0/s1. The van der Waals surface area contributed by atoms with Gasteiger partial charge in [-0.2, -0.15) is 0 Å². The molecule has 25 heavy (non-hydrogen) atoms. The van der Waals surface area contributed by atoms with Crippen LogP contribution in [0.25, 0.3) is 0 Å². The summed E-state index contributed by atoms with van der Waals surface area (Å²) in [4.78, 5) is 20.9. The van der Waals surface area contributed by atoms with Crippen LogP contribution in [-0.2, 0) is 16.1 Å². The largest absolute Gasteiger partial charge is 0.272 e. The molecule has 2 bridgehead atoms. The summed E-state index contributed by atoms with van der Waals surface area (Å²) >= 11 is 6.00. The van der Waals surface area contributed by atoms with E-state index in [0.717, 1.165) is 22.7 Å². The van der Waals surface area contributed by atoms with Gasteiger partial charge in [-0.05, 0) is 23.3 Å². The molecule has 0 radical (unpaired) electrons. The van der Waals surface area contributed by atoms with E-state index < -0.39 is 0 Å². The van der Waals surface area contributed by atoms with Crippen LogP contribution in [-0.4, -0.2) is 35.2 Å². The molecule has 2 aliphatic rings. The molecule has 4 nitrogen and oxygen atoms in total. The van der Waals surface area contributed by atoms with Crippen molar-refractivity contribution < 1.29 is 9.63 Å². The molecule has 3 atom stereocenters. The smallest absolute Gasteiger partial charge is 0.251 e. The minimum atomic E-state index is -0.177. The third-order valence-corrected chi connectivity index (χ3v) is 4.87. The fourth-order valence-corrected chi connectivity index (χ4v) is 3.52. The van der Waals surface area contributed by atoms with Gasteiger partial charge in [-0.15, -0.1) is 0 Å². The Bertz CT molecular complexity index is 776. The summed E-state index contributed by atoms with van der Waals surface area (Å²) < 4.78 is 0. The maximum absolute atomic E-state index is 12.6. The number of rotatable bonds is 3. The second kappa shape index (κ2) is 7.00. The number of hydrogen-bond acceptors (Lipinski definition) is 3. The summed E-state index contributed by atoms with van der Waals surface area (Å²) in [5.41, 5.74) is 2.14. The molecule has 128 valence electrons. The molecule has 1 unspecified atom stereocenters. The third kappa shape index (κ3) is 3.47. The highest BCUT2D eigenvalue weighted by atomic mass is 35.5. The van der Waals surface area contributed by atoms with E-state index in [2.05, 4.69) is 11.0 Å². The second-order valence-electron chi connectivity index (χ2n) is 6.34. The maximum atomic E-state index is 12.6. The molecule has 0 aromatic heterocycles. The summed E-state index contributed by atoms with van der Waals surface area (Å²) in [6.45, 7) is 1.25. The topological polar surface area (TPSA) is 32.8 Å². The monoisotopic (exact) mass is 354 g/mol. The molecule has 0 spiro atoms. The van der Waals surface area contributed by atoms with Crippen LogP contribution in [0.5, 0.6) is 0 Å². The van der Waals surface area contributed by atoms with E-state index in [1.165, 1.54) is 5.06 Å². The van der Waals surface area contributed by atoms with E-state index in [9.17, 15) is 4.79 Å². The summed E-state index contributed by atoms with van der Waals surface area (Å²) in [6.07, 6.45) is 4.30. The van der Waals surface area contributed by atoms with Crippen molar-refractivity contribution in [2.75, 3.05) is 13.2 Å². The highest BCUT2D eigenvalue weighted by molar-refractivity contribution is 6.30. The van der Waals surface area contributed by atoms with Crippen molar-refractivity contribution >= 4 is 17.5 Å². The zero-order chi connectivity index (χ0) is 17.2. The van der Waals surface area contributed by atoms with Crippen molar-refractivity contribution in [1.29, 1.82) is 0 Å². The molecule has 4 rings (SSSR count). The highest BCUT2D eigenvalue weighted by Crippen LogP contribution is 2.35. The fraction of sp³-hybridized carbons (Fsp3) is 0.250. The number of carbonyl (C=O) groups is 1. The first-order valence-electron chi connectivity index (χ1n) is 8.38. The molecule has 2 aliphatic heterocycles. The van der Waals surface area contributed by atoms with Gasteiger partial charge in [0.2, 0.25) is 0 Å². The number of hydrogen-bond donors (Lipinski definition) is 0. The predicted octanol–water partition coefficient (Wildman–Crippen LogP) is 3.60. The zero-order valence-electron chi connectivity index (χ0n) is 13.7. The molecular formula is C20H19ClN2O2. The Morgan fingerprint density at radius 3 is 2.60 bits per heavy atom. The van der Waals surface area contributed by atoms with Gasteiger partial charge in [-0.1, -0.05) is 66.2 Å². The Morgan fingerprint density at radius 2 is 1.88 bits per heavy atom. The van der Waals surface area contributed by atoms with Crippen molar-refractivity contribution in [3.05, 3.63) is 82.9 Å². The van der Waals surface area contributed by atoms with Crippen LogP contribution < -0.4 is 0 Å². The molecule has 0 aliphatic carbocycles. The normalized spacial score (nSPS) is 25.0. The van der Waals surface area contributed by atoms with Crippen molar-refractivity contribution in [2.45, 2.75) is 18.6 Å². The Kier molecular flexibility index (Phi) is 4.57. The molecule has 5 heteroatoms. The number of nitrogens with zero attached hydrogens (tertiary/aromatic N) is 2. The van der Waals surface area contributed by atoms with Crippen LogP contribution in [0.2, 0.25) is 5.02 Å². The van der Waals surface area contributed by atoms with Crippen molar-refractivity contribution in [3.8, 4) is 0 Å². The Labute approximate surface area is 152 Å². The van der Waals surface area contributed by atoms with E-state index in [1.54, 1.807) is 0 Å². The van der Waals surface area contributed by atoms with E-state index >= 15 is 0 Å². The number of carbonyl (C=O) groups excluding carboxylic acids is 1. The predicted molar refractivity (Wildman–Crippen MR) is 96.8 cm³/mol. The number of amides is 1. The lowest BCUT2D eigenvalue weighted by atomic mass is 9.96. The van der Waals surface area contributed by atoms with Gasteiger partial charge in [0.15, 0.2) is 0 Å². The van der Waals surface area contributed by atoms with E-state index in [-0.39, 0.29) is 18.1 Å². The third-order valence-electron chi connectivity index (χ3n) is 4.62. The molecular weight excluding hydrogens is 336 g/mol. The molecule has 2 aromatic carbocycles. The van der Waals surface area contributed by atoms with Gasteiger partial charge in [0.25, 0.3) is 5.91 Å². The highest BCUT2D eigenvalue weighted by Gasteiger charge is 2.39. The Hall–Kier alpha value is -2.14. The van der Waals surface area contributed by atoms with Crippen LogP contribution in [0.4, 0.5) is 0 Å². The van der Waals surface area contributed by atoms with Crippen LogP contribution in [0, 0.1) is 0 Å². The van der Waals surface area contributed by atoms with Gasteiger partial charge in [-0.25, -0.2) is 5.06 Å². The molecule has 1 fully saturated rings. The summed E-state index contributed by atoms with van der Waals surface area (Å²) in [5, 5.41) is 2.21. The molecule has 2 heterocycles. The first kappa shape index (κ1) is 16.3. The summed E-state index contributed by atoms with van der Waals surface area (Å²) in [7, 11) is 0. The van der Waals surface area contributed by atoms with Crippen LogP contribution in [0.3, 0.4) is 0 Å². The molecule has 0 N–H and O–H groups in total. The van der Waals surface area contributed by atoms with E-state index in [1.807, 2.05) is 60.7 Å². The fourth-order valence-electron chi connectivity index (χ4n) is 3.40. The number of fused-ring (bicyclic) bond motifs is 2. The molecule has 0 saturated carbocycles. The van der Waals surface area contributed by atoms with Gasteiger partial charge < -0.3 is 0 Å². The minimum absolute atomic E-state index is 0.0222. The first-order valence-corrected chi connectivity index (χ1v) is 8.76. The van der Waals surface area contributed by atoms with E-state index in [0.29, 0.717) is 13.1 Å². The Balaban J connectivity index is 1.50. The average Bonchev–Trinajstić information content (AvgIpc) is 2.62. The maximum Gasteiger partial charge on any atom is 0.251 e. The SMILES string of the molecule is O=C(Cc1ccccc1)N1CN2CC=C[C@H](O1)[C@H]2c1ccc(Cl)cc1. The second-order valence-corrected chi connectivity index (χ2v) is 6.78. The van der Waals surface area contributed by atoms with E-state index in [4.69, 9.17) is 16.4 Å². The summed E-state index contributed by atoms with van der Waals surface area (Å²) in [6, 6.07) is 17.7. The van der Waals surface area contributed by atoms with Crippen LogP contribution in [0.15, 0.2) is 66.7 Å². The number of halogens is 1. The van der Waals surface area contributed by atoms with Gasteiger partial charge in [0.05, 0.1) is 12.5 Å². The average molecular weight is 355 g/mol. The lowest BCUT2D eigenvalue weighted by molar-refractivity contribution is -0.254. The molecule has 1 saturated heterocycles. The van der Waals surface area contributed by atoms with Gasteiger partial charge in [-0.3, -0.25) is 14.5 Å². The van der Waals surface area contributed by atoms with Gasteiger partial charge in [0.1, 0.15) is 12.8 Å². The quantitative estimate of drug-likeness (QED) is 0.790. The first-order chi connectivity index (χ1) is 12.2. The minimum Gasteiger partial charge on any atom is -0.272 e. The molecule has 1 amide bonds. The van der Waals surface area contributed by atoms with Crippen molar-refractivity contribution in [2.24, 2.45) is 0 Å². The van der Waals surface area contributed by atoms with Crippen LogP contribution in [0.1, 0.15) is 17.2 Å². The van der Waals surface area contributed by atoms with Gasteiger partial charge in [0, 0.05) is 11.6 Å². The van der Waals surface area contributed by atoms with Gasteiger partial charge >= 0.3 is 0 Å². The number of hydroxylamine groups is 2. The Morgan fingerprint density at radius 1 is 1.12 bits per heavy atom. The zero-order valence-corrected chi connectivity index (χ0v) is 14.5. The van der Waals surface area contributed by atoms with Crippen LogP contribution >= 0.6 is 11.6 Å². The van der Waals surface area contributed by atoms with Crippen molar-refractivity contribution in [1.82, 2.24) is 9.96 Å². The lowest BCUT2D eigenvalue weighted by Crippen LogP contribution is -2.55. The lowest BCUT2D eigenvalue weighted by Gasteiger charge is -2.46. The number of benzene rings is 2.